The lowest BCUT2D eigenvalue weighted by Crippen LogP contribution is -2.34. The van der Waals surface area contributed by atoms with E-state index in [9.17, 15) is 9.59 Å². The highest BCUT2D eigenvalue weighted by Gasteiger charge is 2.23. The fourth-order valence-corrected chi connectivity index (χ4v) is 3.77. The lowest BCUT2D eigenvalue weighted by molar-refractivity contribution is -0.119. The van der Waals surface area contributed by atoms with Crippen LogP contribution in [0.2, 0.25) is 0 Å². The van der Waals surface area contributed by atoms with Crippen LogP contribution in [0.15, 0.2) is 53.3 Å². The Balaban J connectivity index is 1.76. The lowest BCUT2D eigenvalue weighted by atomic mass is 10.1. The fourth-order valence-electron chi connectivity index (χ4n) is 3.77. The third-order valence-electron chi connectivity index (χ3n) is 5.76. The lowest BCUT2D eigenvalue weighted by Gasteiger charge is -2.16. The van der Waals surface area contributed by atoms with Crippen molar-refractivity contribution < 1.29 is 4.79 Å². The molecular weight excluding hydrogens is 390 g/mol. The van der Waals surface area contributed by atoms with Gasteiger partial charge in [-0.05, 0) is 63.9 Å². The third-order valence-corrected chi connectivity index (χ3v) is 5.76. The van der Waals surface area contributed by atoms with Gasteiger partial charge in [-0.3, -0.25) is 9.59 Å². The van der Waals surface area contributed by atoms with E-state index in [0.717, 1.165) is 28.2 Å². The third kappa shape index (κ3) is 3.52. The van der Waals surface area contributed by atoms with Crippen LogP contribution in [0.3, 0.4) is 0 Å². The van der Waals surface area contributed by atoms with Crippen molar-refractivity contribution in [2.24, 2.45) is 0 Å². The van der Waals surface area contributed by atoms with E-state index in [1.807, 2.05) is 76.2 Å². The first-order chi connectivity index (χ1) is 14.8. The number of hydrogen-bond acceptors (Lipinski definition) is 4. The number of para-hydroxylation sites is 1. The van der Waals surface area contributed by atoms with Gasteiger partial charge in [0.05, 0.1) is 22.5 Å². The minimum atomic E-state index is -0.794. The zero-order chi connectivity index (χ0) is 22.3. The molecule has 0 bridgehead atoms. The molecule has 2 aromatic heterocycles. The molecule has 0 aliphatic heterocycles. The van der Waals surface area contributed by atoms with E-state index in [4.69, 9.17) is 0 Å². The number of amides is 1. The molecule has 0 fully saturated rings. The molecule has 4 aromatic rings. The smallest absolute Gasteiger partial charge is 0.295 e. The van der Waals surface area contributed by atoms with Crippen LogP contribution < -0.4 is 10.9 Å². The van der Waals surface area contributed by atoms with Gasteiger partial charge >= 0.3 is 0 Å². The second-order valence-corrected chi connectivity index (χ2v) is 7.80. The second kappa shape index (κ2) is 7.83. The number of aromatic nitrogens is 4. The number of carbonyl (C=O) groups excluding carboxylic acids is 1. The molecular formula is C24H25N5O2. The van der Waals surface area contributed by atoms with Gasteiger partial charge in [0, 0.05) is 5.69 Å². The van der Waals surface area contributed by atoms with E-state index in [0.29, 0.717) is 16.6 Å². The summed E-state index contributed by atoms with van der Waals surface area (Å²) >= 11 is 0. The number of fused-ring (bicyclic) bond motifs is 1. The maximum atomic E-state index is 13.2. The van der Waals surface area contributed by atoms with Crippen LogP contribution in [0.1, 0.15) is 35.5 Å². The Morgan fingerprint density at radius 2 is 1.68 bits per heavy atom. The number of nitrogens with one attached hydrogen (secondary N) is 1. The van der Waals surface area contributed by atoms with Crippen molar-refractivity contribution in [1.29, 1.82) is 0 Å². The second-order valence-electron chi connectivity index (χ2n) is 7.80. The van der Waals surface area contributed by atoms with Crippen LogP contribution >= 0.6 is 0 Å². The first kappa shape index (κ1) is 20.5. The largest absolute Gasteiger partial charge is 0.324 e. The van der Waals surface area contributed by atoms with Gasteiger partial charge in [0.25, 0.3) is 5.56 Å². The number of carbonyl (C=O) groups is 1. The molecule has 0 saturated carbocycles. The minimum absolute atomic E-state index is 0.304. The number of anilines is 1. The van der Waals surface area contributed by atoms with Gasteiger partial charge in [-0.2, -0.15) is 10.2 Å². The molecule has 0 saturated heterocycles. The van der Waals surface area contributed by atoms with Crippen molar-refractivity contribution in [3.05, 3.63) is 81.4 Å². The van der Waals surface area contributed by atoms with Crippen LogP contribution in [0.5, 0.6) is 0 Å². The van der Waals surface area contributed by atoms with Crippen LogP contribution in [0, 0.1) is 27.7 Å². The molecule has 0 radical (unpaired) electrons. The average molecular weight is 415 g/mol. The molecule has 158 valence electrons. The normalized spacial score (nSPS) is 12.2. The summed E-state index contributed by atoms with van der Waals surface area (Å²) in [6, 6.07) is 14.6. The van der Waals surface area contributed by atoms with Crippen molar-refractivity contribution in [3.63, 3.8) is 0 Å². The quantitative estimate of drug-likeness (QED) is 0.546. The summed E-state index contributed by atoms with van der Waals surface area (Å²) in [5, 5.41) is 12.7. The van der Waals surface area contributed by atoms with Crippen LogP contribution in [0.4, 0.5) is 5.69 Å². The molecule has 2 aromatic carbocycles. The minimum Gasteiger partial charge on any atom is -0.324 e. The Labute approximate surface area is 180 Å². The molecule has 0 spiro atoms. The summed E-state index contributed by atoms with van der Waals surface area (Å²) in [5.41, 5.74) is 5.08. The SMILES string of the molecule is Cc1cccc(NC(=O)C(C)n2nc(C)c3c(C)n(-c4ccccc4)nc3c2=O)c1C. The standard InChI is InChI=1S/C24H25N5O2/c1-14-10-9-13-20(15(14)2)25-23(30)18(5)29-24(31)22-21(16(3)26-29)17(4)28(27-22)19-11-7-6-8-12-19/h6-13,18H,1-5H3,(H,25,30). The molecule has 7 heteroatoms. The van der Waals surface area contributed by atoms with E-state index in [1.165, 1.54) is 4.68 Å². The van der Waals surface area contributed by atoms with Gasteiger partial charge in [0.2, 0.25) is 5.91 Å². The Kier molecular flexibility index (Phi) is 5.19. The molecule has 4 rings (SSSR count). The zero-order valence-corrected chi connectivity index (χ0v) is 18.3. The first-order valence-corrected chi connectivity index (χ1v) is 10.2. The monoisotopic (exact) mass is 415 g/mol. The first-order valence-electron chi connectivity index (χ1n) is 10.2. The highest BCUT2D eigenvalue weighted by atomic mass is 16.2. The maximum absolute atomic E-state index is 13.2. The summed E-state index contributed by atoms with van der Waals surface area (Å²) in [5.74, 6) is -0.304. The highest BCUT2D eigenvalue weighted by Crippen LogP contribution is 2.23. The Morgan fingerprint density at radius 3 is 2.39 bits per heavy atom. The molecule has 0 aliphatic carbocycles. The van der Waals surface area contributed by atoms with Crippen molar-refractivity contribution in [2.75, 3.05) is 5.32 Å². The molecule has 31 heavy (non-hydrogen) atoms. The van der Waals surface area contributed by atoms with Crippen LogP contribution in [0.25, 0.3) is 16.6 Å². The molecule has 1 unspecified atom stereocenters. The topological polar surface area (TPSA) is 81.8 Å². The number of aryl methyl sites for hydroxylation is 3. The summed E-state index contributed by atoms with van der Waals surface area (Å²) in [4.78, 5) is 26.2. The van der Waals surface area contributed by atoms with E-state index in [1.54, 1.807) is 11.6 Å². The average Bonchev–Trinajstić information content (AvgIpc) is 3.12. The van der Waals surface area contributed by atoms with E-state index < -0.39 is 6.04 Å². The van der Waals surface area contributed by atoms with Gasteiger partial charge < -0.3 is 5.32 Å². The number of hydrogen-bond donors (Lipinski definition) is 1. The van der Waals surface area contributed by atoms with Gasteiger partial charge in [0.15, 0.2) is 5.52 Å². The fraction of sp³-hybridized carbons (Fsp3) is 0.250. The van der Waals surface area contributed by atoms with Crippen molar-refractivity contribution in [1.82, 2.24) is 19.6 Å². The van der Waals surface area contributed by atoms with Crippen molar-refractivity contribution >= 4 is 22.5 Å². The molecule has 1 atom stereocenters. The zero-order valence-electron chi connectivity index (χ0n) is 18.3. The van der Waals surface area contributed by atoms with Gasteiger partial charge in [0.1, 0.15) is 6.04 Å². The molecule has 1 N–H and O–H groups in total. The van der Waals surface area contributed by atoms with Crippen molar-refractivity contribution in [2.45, 2.75) is 40.7 Å². The molecule has 7 nitrogen and oxygen atoms in total. The molecule has 2 heterocycles. The number of nitrogens with zero attached hydrogens (tertiary/aromatic N) is 4. The maximum Gasteiger partial charge on any atom is 0.295 e. The summed E-state index contributed by atoms with van der Waals surface area (Å²) in [6.07, 6.45) is 0. The highest BCUT2D eigenvalue weighted by molar-refractivity contribution is 5.94. The predicted molar refractivity (Wildman–Crippen MR) is 122 cm³/mol. The summed E-state index contributed by atoms with van der Waals surface area (Å²) < 4.78 is 2.96. The van der Waals surface area contributed by atoms with Gasteiger partial charge in [-0.1, -0.05) is 30.3 Å². The summed E-state index contributed by atoms with van der Waals surface area (Å²) in [6.45, 7) is 9.36. The molecule has 0 aliphatic rings. The van der Waals surface area contributed by atoms with E-state index >= 15 is 0 Å². The Morgan fingerprint density at radius 1 is 0.968 bits per heavy atom. The van der Waals surface area contributed by atoms with E-state index in [2.05, 4.69) is 15.5 Å². The van der Waals surface area contributed by atoms with Crippen LogP contribution in [-0.2, 0) is 4.79 Å². The Hall–Kier alpha value is -3.74. The van der Waals surface area contributed by atoms with E-state index in [-0.39, 0.29) is 11.5 Å². The van der Waals surface area contributed by atoms with Crippen LogP contribution in [-0.4, -0.2) is 25.5 Å². The summed E-state index contributed by atoms with van der Waals surface area (Å²) in [7, 11) is 0. The number of benzene rings is 2. The Bertz CT molecular complexity index is 1350. The van der Waals surface area contributed by atoms with Crippen molar-refractivity contribution in [3.8, 4) is 5.69 Å². The van der Waals surface area contributed by atoms with Gasteiger partial charge in [-0.15, -0.1) is 0 Å². The van der Waals surface area contributed by atoms with Gasteiger partial charge in [-0.25, -0.2) is 9.36 Å². The predicted octanol–water partition coefficient (Wildman–Crippen LogP) is 4.02. The molecule has 1 amide bonds. The number of rotatable bonds is 4.